The molecule has 2 N–H and O–H groups in total. The molecular weight excluding hydrogens is 639 g/mol. The summed E-state index contributed by atoms with van der Waals surface area (Å²) in [7, 11) is 1.77. The largest absolute Gasteiger partial charge is 0.346 e. The van der Waals surface area contributed by atoms with Gasteiger partial charge in [0.05, 0.1) is 12.4 Å². The molecule has 0 aliphatic carbocycles. The van der Waals surface area contributed by atoms with Crippen LogP contribution in [0.3, 0.4) is 0 Å². The predicted octanol–water partition coefficient (Wildman–Crippen LogP) is 3.87. The SMILES string of the molecule is CC[C@@H](C)C(=O)N[C@H](C(=O)N1C[C@@H](NC(=O)c2cn(C)cn2)C[C@H]1CN(CCc1ccc(F)cc1)C(=O)c1cn2ccccc2n1)C(C)(C)C. The molecule has 12 nitrogen and oxygen atoms in total. The van der Waals surface area contributed by atoms with Crippen LogP contribution in [0.15, 0.2) is 67.4 Å². The summed E-state index contributed by atoms with van der Waals surface area (Å²) in [5, 5.41) is 6.04. The van der Waals surface area contributed by atoms with Gasteiger partial charge in [-0.2, -0.15) is 0 Å². The Labute approximate surface area is 292 Å². The summed E-state index contributed by atoms with van der Waals surface area (Å²) in [5.41, 5.74) is 1.34. The zero-order valence-electron chi connectivity index (χ0n) is 29.6. The van der Waals surface area contributed by atoms with Crippen LogP contribution < -0.4 is 10.6 Å². The zero-order valence-corrected chi connectivity index (χ0v) is 29.6. The number of hydrogen-bond acceptors (Lipinski definition) is 6. The minimum absolute atomic E-state index is 0.145. The average molecular weight is 687 g/mol. The molecule has 1 aliphatic rings. The van der Waals surface area contributed by atoms with E-state index in [4.69, 9.17) is 0 Å². The number of pyridine rings is 1. The fourth-order valence-electron chi connectivity index (χ4n) is 6.18. The maximum atomic E-state index is 14.5. The summed E-state index contributed by atoms with van der Waals surface area (Å²) >= 11 is 0. The van der Waals surface area contributed by atoms with Gasteiger partial charge >= 0.3 is 0 Å². The van der Waals surface area contributed by atoms with Crippen LogP contribution >= 0.6 is 0 Å². The van der Waals surface area contributed by atoms with E-state index in [1.54, 1.807) is 56.7 Å². The van der Waals surface area contributed by atoms with Gasteiger partial charge in [-0.15, -0.1) is 0 Å². The van der Waals surface area contributed by atoms with Crippen molar-refractivity contribution < 1.29 is 23.6 Å². The van der Waals surface area contributed by atoms with E-state index in [0.29, 0.717) is 24.9 Å². The predicted molar refractivity (Wildman–Crippen MR) is 187 cm³/mol. The van der Waals surface area contributed by atoms with E-state index < -0.39 is 23.5 Å². The Morgan fingerprint density at radius 3 is 2.44 bits per heavy atom. The first-order valence-electron chi connectivity index (χ1n) is 17.1. The van der Waals surface area contributed by atoms with Crippen molar-refractivity contribution in [2.45, 2.75) is 72.0 Å². The zero-order chi connectivity index (χ0) is 36.2. The third-order valence-electron chi connectivity index (χ3n) is 9.31. The summed E-state index contributed by atoms with van der Waals surface area (Å²) in [6, 6.07) is 9.86. The molecule has 5 rings (SSSR count). The smallest absolute Gasteiger partial charge is 0.274 e. The van der Waals surface area contributed by atoms with E-state index in [-0.39, 0.29) is 66.4 Å². The molecule has 1 fully saturated rings. The first-order valence-corrected chi connectivity index (χ1v) is 17.1. The number of benzene rings is 1. The highest BCUT2D eigenvalue weighted by Gasteiger charge is 2.44. The van der Waals surface area contributed by atoms with Gasteiger partial charge in [-0.05, 0) is 54.5 Å². The summed E-state index contributed by atoms with van der Waals surface area (Å²) in [6.07, 6.45) is 8.08. The van der Waals surface area contributed by atoms with Gasteiger partial charge in [0.15, 0.2) is 0 Å². The minimum atomic E-state index is -0.849. The minimum Gasteiger partial charge on any atom is -0.346 e. The van der Waals surface area contributed by atoms with Gasteiger partial charge in [-0.1, -0.05) is 52.8 Å². The van der Waals surface area contributed by atoms with E-state index >= 15 is 0 Å². The monoisotopic (exact) mass is 686 g/mol. The summed E-state index contributed by atoms with van der Waals surface area (Å²) in [5.74, 6) is -1.81. The molecule has 50 heavy (non-hydrogen) atoms. The second-order valence-corrected chi connectivity index (χ2v) is 14.3. The van der Waals surface area contributed by atoms with E-state index in [1.165, 1.54) is 12.1 Å². The van der Waals surface area contributed by atoms with Gasteiger partial charge in [0.2, 0.25) is 11.8 Å². The molecule has 0 spiro atoms. The number of carbonyl (C=O) groups is 4. The number of halogens is 1. The summed E-state index contributed by atoms with van der Waals surface area (Å²) in [6.45, 7) is 10.1. The third-order valence-corrected chi connectivity index (χ3v) is 9.31. The Morgan fingerprint density at radius 2 is 1.80 bits per heavy atom. The van der Waals surface area contributed by atoms with E-state index in [0.717, 1.165) is 5.56 Å². The molecule has 4 amide bonds. The molecule has 13 heteroatoms. The van der Waals surface area contributed by atoms with Gasteiger partial charge in [0.1, 0.15) is 28.9 Å². The topological polar surface area (TPSA) is 134 Å². The lowest BCUT2D eigenvalue weighted by atomic mass is 9.85. The highest BCUT2D eigenvalue weighted by Crippen LogP contribution is 2.28. The molecule has 1 saturated heterocycles. The van der Waals surface area contributed by atoms with Crippen molar-refractivity contribution in [3.05, 3.63) is 90.2 Å². The third kappa shape index (κ3) is 8.55. The van der Waals surface area contributed by atoms with Crippen molar-refractivity contribution in [3.63, 3.8) is 0 Å². The van der Waals surface area contributed by atoms with Crippen LogP contribution in [-0.4, -0.2) is 90.1 Å². The molecule has 1 aromatic carbocycles. The number of likely N-dealkylation sites (tertiary alicyclic amines) is 1. The molecule has 0 radical (unpaired) electrons. The number of aromatic nitrogens is 4. The average Bonchev–Trinajstić information content (AvgIpc) is 3.82. The number of carbonyl (C=O) groups excluding carboxylic acids is 4. The molecule has 4 atom stereocenters. The van der Waals surface area contributed by atoms with Crippen molar-refractivity contribution in [2.24, 2.45) is 18.4 Å². The Bertz CT molecular complexity index is 1800. The van der Waals surface area contributed by atoms with Crippen LogP contribution in [0.2, 0.25) is 0 Å². The first kappa shape index (κ1) is 36.2. The molecule has 3 aromatic heterocycles. The molecule has 0 saturated carbocycles. The van der Waals surface area contributed by atoms with Crippen molar-refractivity contribution in [3.8, 4) is 0 Å². The van der Waals surface area contributed by atoms with Crippen molar-refractivity contribution in [2.75, 3.05) is 19.6 Å². The fraction of sp³-hybridized carbons (Fsp3) is 0.459. The lowest BCUT2D eigenvalue weighted by Gasteiger charge is -2.37. The quantitative estimate of drug-likeness (QED) is 0.233. The van der Waals surface area contributed by atoms with Crippen molar-refractivity contribution in [1.29, 1.82) is 0 Å². The Kier molecular flexibility index (Phi) is 11.0. The standard InChI is InChI=1S/C37H47FN8O4/c1-7-24(2)33(47)42-32(37(3,4)5)36(50)46-19-27(40-34(48)29-21-43(6)23-39-29)18-28(46)20-45(17-15-25-11-13-26(38)14-12-25)35(49)30-22-44-16-9-8-10-31(44)41-30/h8-14,16,21-24,27-28,32H,7,15,17-20H2,1-6H3,(H,40,48)(H,42,47)/t24-,27+,28+,32-/m1/s1. The van der Waals surface area contributed by atoms with Crippen LogP contribution in [0, 0.1) is 17.2 Å². The first-order chi connectivity index (χ1) is 23.7. The number of rotatable bonds is 12. The number of nitrogens with one attached hydrogen (secondary N) is 2. The van der Waals surface area contributed by atoms with Gasteiger partial charge in [0, 0.05) is 57.2 Å². The number of imidazole rings is 2. The fourth-order valence-corrected chi connectivity index (χ4v) is 6.18. The van der Waals surface area contributed by atoms with Gasteiger partial charge < -0.3 is 29.4 Å². The van der Waals surface area contributed by atoms with E-state index in [2.05, 4.69) is 20.6 Å². The second-order valence-electron chi connectivity index (χ2n) is 14.3. The number of nitrogens with zero attached hydrogens (tertiary/aromatic N) is 6. The molecular formula is C37H47FN8O4. The second kappa shape index (κ2) is 15.2. The number of hydrogen-bond donors (Lipinski definition) is 2. The Hall–Kier alpha value is -5.07. The van der Waals surface area contributed by atoms with Gasteiger partial charge in [-0.25, -0.2) is 14.4 Å². The highest BCUT2D eigenvalue weighted by atomic mass is 19.1. The van der Waals surface area contributed by atoms with E-state index in [1.807, 2.05) is 59.0 Å². The number of aryl methyl sites for hydroxylation is 1. The highest BCUT2D eigenvalue weighted by molar-refractivity contribution is 5.94. The van der Waals surface area contributed by atoms with Crippen LogP contribution in [0.1, 0.15) is 74.0 Å². The van der Waals surface area contributed by atoms with E-state index in [9.17, 15) is 23.6 Å². The lowest BCUT2D eigenvalue weighted by molar-refractivity contribution is -0.141. The van der Waals surface area contributed by atoms with Crippen LogP contribution in [0.4, 0.5) is 4.39 Å². The molecule has 266 valence electrons. The normalized spacial score (nSPS) is 17.4. The lowest BCUT2D eigenvalue weighted by Crippen LogP contribution is -2.58. The Balaban J connectivity index is 1.46. The maximum absolute atomic E-state index is 14.5. The summed E-state index contributed by atoms with van der Waals surface area (Å²) < 4.78 is 17.1. The number of amides is 4. The molecule has 0 unspecified atom stereocenters. The van der Waals surface area contributed by atoms with Crippen molar-refractivity contribution in [1.82, 2.24) is 39.4 Å². The molecule has 0 bridgehead atoms. The maximum Gasteiger partial charge on any atom is 0.274 e. The molecule has 1 aliphatic heterocycles. The van der Waals surface area contributed by atoms with Crippen LogP contribution in [0.25, 0.3) is 5.65 Å². The van der Waals surface area contributed by atoms with Gasteiger partial charge in [-0.3, -0.25) is 19.2 Å². The molecule has 4 heterocycles. The Morgan fingerprint density at radius 1 is 1.06 bits per heavy atom. The van der Waals surface area contributed by atoms with Crippen molar-refractivity contribution >= 4 is 29.3 Å². The number of fused-ring (bicyclic) bond motifs is 1. The van der Waals surface area contributed by atoms with Crippen LogP contribution in [0.5, 0.6) is 0 Å². The molecule has 4 aromatic rings. The van der Waals surface area contributed by atoms with Crippen LogP contribution in [-0.2, 0) is 23.1 Å². The summed E-state index contributed by atoms with van der Waals surface area (Å²) in [4.78, 5) is 67.1. The van der Waals surface area contributed by atoms with Gasteiger partial charge in [0.25, 0.3) is 11.8 Å².